The van der Waals surface area contributed by atoms with Crippen molar-refractivity contribution in [3.8, 4) is 0 Å². The van der Waals surface area contributed by atoms with Gasteiger partial charge >= 0.3 is 0 Å². The van der Waals surface area contributed by atoms with Gasteiger partial charge in [0.1, 0.15) is 10.7 Å². The minimum absolute atomic E-state index is 0.0316. The van der Waals surface area contributed by atoms with E-state index in [1.165, 1.54) is 6.07 Å². The van der Waals surface area contributed by atoms with Crippen LogP contribution < -0.4 is 4.72 Å². The average molecular weight is 522 g/mol. The van der Waals surface area contributed by atoms with Gasteiger partial charge in [-0.05, 0) is 62.2 Å². The van der Waals surface area contributed by atoms with Crippen molar-refractivity contribution < 1.29 is 12.8 Å². The lowest BCUT2D eigenvalue weighted by Gasteiger charge is -2.13. The summed E-state index contributed by atoms with van der Waals surface area (Å²) in [5, 5.41) is -0.0448. The van der Waals surface area contributed by atoms with Crippen LogP contribution in [0.15, 0.2) is 48.6 Å². The number of anilines is 1. The Hall–Kier alpha value is -0.150. The van der Waals surface area contributed by atoms with Crippen LogP contribution in [0.4, 0.5) is 10.1 Å². The van der Waals surface area contributed by atoms with E-state index in [0.29, 0.717) is 8.95 Å². The Morgan fingerprint density at radius 1 is 1.05 bits per heavy atom. The SMILES string of the molecule is O=S(=O)(Nc1c(Cl)cc(F)cc1Br)c1cc(Br)ccc1Br. The number of hydrogen-bond donors (Lipinski definition) is 1. The van der Waals surface area contributed by atoms with Gasteiger partial charge < -0.3 is 0 Å². The van der Waals surface area contributed by atoms with Gasteiger partial charge in [-0.3, -0.25) is 4.72 Å². The van der Waals surface area contributed by atoms with Crippen LogP contribution in [0.1, 0.15) is 0 Å². The van der Waals surface area contributed by atoms with Crippen LogP contribution in [0.25, 0.3) is 0 Å². The number of rotatable bonds is 3. The maximum atomic E-state index is 13.2. The molecule has 0 aromatic heterocycles. The number of benzene rings is 2. The monoisotopic (exact) mass is 519 g/mol. The van der Waals surface area contributed by atoms with E-state index in [-0.39, 0.29) is 20.1 Å². The van der Waals surface area contributed by atoms with E-state index < -0.39 is 15.8 Å². The van der Waals surface area contributed by atoms with Crippen LogP contribution in [0.3, 0.4) is 0 Å². The van der Waals surface area contributed by atoms with E-state index in [1.807, 2.05) is 0 Å². The largest absolute Gasteiger partial charge is 0.277 e. The summed E-state index contributed by atoms with van der Waals surface area (Å²) in [5.41, 5.74) is 0.0740. The second-order valence-electron chi connectivity index (χ2n) is 3.92. The third-order valence-corrected chi connectivity index (χ3v) is 6.19. The fourth-order valence-electron chi connectivity index (χ4n) is 1.51. The summed E-state index contributed by atoms with van der Waals surface area (Å²) in [5.74, 6) is -0.571. The van der Waals surface area contributed by atoms with Crippen molar-refractivity contribution in [3.05, 3.63) is 54.6 Å². The Morgan fingerprint density at radius 2 is 1.71 bits per heavy atom. The fourth-order valence-corrected chi connectivity index (χ4v) is 5.20. The predicted octanol–water partition coefficient (Wildman–Crippen LogP) is 5.57. The molecule has 0 aliphatic carbocycles. The van der Waals surface area contributed by atoms with Gasteiger partial charge in [-0.25, -0.2) is 12.8 Å². The Kier molecular flexibility index (Phi) is 5.36. The molecular weight excluding hydrogens is 516 g/mol. The van der Waals surface area contributed by atoms with Gasteiger partial charge in [0.25, 0.3) is 10.0 Å². The molecule has 2 aromatic carbocycles. The number of hydrogen-bond acceptors (Lipinski definition) is 2. The van der Waals surface area contributed by atoms with Crippen LogP contribution >= 0.6 is 59.4 Å². The summed E-state index contributed by atoms with van der Waals surface area (Å²) in [6.07, 6.45) is 0. The number of halogens is 5. The van der Waals surface area contributed by atoms with Crippen molar-refractivity contribution in [1.82, 2.24) is 0 Å². The Bertz CT molecular complexity index is 791. The molecule has 2 aromatic rings. The number of nitrogens with one attached hydrogen (secondary N) is 1. The molecule has 0 radical (unpaired) electrons. The van der Waals surface area contributed by atoms with Crippen molar-refractivity contribution in [3.63, 3.8) is 0 Å². The third kappa shape index (κ3) is 3.98. The first-order valence-corrected chi connectivity index (χ1v) is 9.57. The molecule has 0 heterocycles. The van der Waals surface area contributed by atoms with Crippen LogP contribution in [-0.4, -0.2) is 8.42 Å². The maximum absolute atomic E-state index is 13.2. The molecule has 21 heavy (non-hydrogen) atoms. The summed E-state index contributed by atoms with van der Waals surface area (Å²) in [6.45, 7) is 0. The topological polar surface area (TPSA) is 46.2 Å². The minimum atomic E-state index is -3.89. The van der Waals surface area contributed by atoms with Crippen molar-refractivity contribution in [2.45, 2.75) is 4.90 Å². The van der Waals surface area contributed by atoms with Gasteiger partial charge in [0, 0.05) is 13.4 Å². The van der Waals surface area contributed by atoms with Crippen molar-refractivity contribution in [2.75, 3.05) is 4.72 Å². The molecule has 0 aliphatic rings. The summed E-state index contributed by atoms with van der Waals surface area (Å²) in [7, 11) is -3.89. The zero-order chi connectivity index (χ0) is 15.8. The van der Waals surface area contributed by atoms with E-state index in [1.54, 1.807) is 12.1 Å². The first kappa shape index (κ1) is 17.2. The minimum Gasteiger partial charge on any atom is -0.277 e. The van der Waals surface area contributed by atoms with Crippen molar-refractivity contribution in [2.24, 2.45) is 0 Å². The Balaban J connectivity index is 2.50. The first-order valence-electron chi connectivity index (χ1n) is 5.33. The van der Waals surface area contributed by atoms with Gasteiger partial charge in [0.15, 0.2) is 0 Å². The van der Waals surface area contributed by atoms with E-state index in [4.69, 9.17) is 11.6 Å². The van der Waals surface area contributed by atoms with Gasteiger partial charge in [-0.15, -0.1) is 0 Å². The van der Waals surface area contributed by atoms with Crippen molar-refractivity contribution >= 4 is 75.1 Å². The molecule has 0 aliphatic heterocycles. The van der Waals surface area contributed by atoms with Gasteiger partial charge in [0.2, 0.25) is 0 Å². The van der Waals surface area contributed by atoms with Crippen LogP contribution in [0.5, 0.6) is 0 Å². The van der Waals surface area contributed by atoms with E-state index in [2.05, 4.69) is 52.5 Å². The Labute approximate surface area is 151 Å². The zero-order valence-corrected chi connectivity index (χ0v) is 16.3. The second kappa shape index (κ2) is 6.54. The number of sulfonamides is 1. The molecule has 0 amide bonds. The average Bonchev–Trinajstić information content (AvgIpc) is 2.36. The summed E-state index contributed by atoms with van der Waals surface area (Å²) in [4.78, 5) is 0.0316. The van der Waals surface area contributed by atoms with E-state index in [0.717, 1.165) is 12.1 Å². The zero-order valence-electron chi connectivity index (χ0n) is 10.0. The highest BCUT2D eigenvalue weighted by Crippen LogP contribution is 2.35. The molecule has 3 nitrogen and oxygen atoms in total. The molecule has 0 spiro atoms. The lowest BCUT2D eigenvalue weighted by Crippen LogP contribution is -2.14. The summed E-state index contributed by atoms with van der Waals surface area (Å²) < 4.78 is 41.6. The van der Waals surface area contributed by atoms with Gasteiger partial charge in [0.05, 0.1) is 10.7 Å². The molecule has 0 unspecified atom stereocenters. The molecule has 0 fully saturated rings. The normalized spacial score (nSPS) is 11.5. The first-order chi connectivity index (χ1) is 9.70. The maximum Gasteiger partial charge on any atom is 0.263 e. The highest BCUT2D eigenvalue weighted by atomic mass is 79.9. The predicted molar refractivity (Wildman–Crippen MR) is 91.8 cm³/mol. The highest BCUT2D eigenvalue weighted by Gasteiger charge is 2.21. The standard InChI is InChI=1S/C12H6Br3ClFNO2S/c13-6-1-2-8(14)11(3-6)21(19,20)18-12-9(15)4-7(17)5-10(12)16/h1-5,18H. The smallest absolute Gasteiger partial charge is 0.263 e. The van der Waals surface area contributed by atoms with Crippen molar-refractivity contribution in [1.29, 1.82) is 0 Å². The van der Waals surface area contributed by atoms with Gasteiger partial charge in [-0.1, -0.05) is 27.5 Å². The molecule has 9 heteroatoms. The van der Waals surface area contributed by atoms with E-state index in [9.17, 15) is 12.8 Å². The second-order valence-corrected chi connectivity index (χ2v) is 8.61. The van der Waals surface area contributed by atoms with Crippen LogP contribution in [0, 0.1) is 5.82 Å². The molecule has 0 atom stereocenters. The lowest BCUT2D eigenvalue weighted by atomic mass is 10.3. The molecule has 1 N–H and O–H groups in total. The molecule has 0 saturated heterocycles. The molecule has 0 bridgehead atoms. The lowest BCUT2D eigenvalue weighted by molar-refractivity contribution is 0.600. The fraction of sp³-hybridized carbons (Fsp3) is 0. The summed E-state index contributed by atoms with van der Waals surface area (Å²) >= 11 is 15.4. The summed E-state index contributed by atoms with van der Waals surface area (Å²) in [6, 6.07) is 6.89. The van der Waals surface area contributed by atoms with Gasteiger partial charge in [-0.2, -0.15) is 0 Å². The Morgan fingerprint density at radius 3 is 2.33 bits per heavy atom. The van der Waals surface area contributed by atoms with Crippen LogP contribution in [0.2, 0.25) is 5.02 Å². The molecular formula is C12H6Br3ClFNO2S. The quantitative estimate of drug-likeness (QED) is 0.574. The molecule has 112 valence electrons. The molecule has 2 rings (SSSR count). The third-order valence-electron chi connectivity index (χ3n) is 2.43. The van der Waals surface area contributed by atoms with E-state index >= 15 is 0 Å². The highest BCUT2D eigenvalue weighted by molar-refractivity contribution is 9.11. The van der Waals surface area contributed by atoms with Crippen LogP contribution in [-0.2, 0) is 10.0 Å². The molecule has 0 saturated carbocycles.